The summed E-state index contributed by atoms with van der Waals surface area (Å²) in [6, 6.07) is 21.9. The first-order valence-electron chi connectivity index (χ1n) is 12.4. The Kier molecular flexibility index (Phi) is 10.4. The van der Waals surface area contributed by atoms with Crippen LogP contribution >= 0.6 is 15.9 Å². The highest BCUT2D eigenvalue weighted by atomic mass is 79.9. The maximum absolute atomic E-state index is 14.0. The molecule has 3 aromatic rings. The highest BCUT2D eigenvalue weighted by Crippen LogP contribution is 2.22. The average Bonchev–Trinajstić information content (AvgIpc) is 2.90. The monoisotopic (exact) mass is 613 g/mol. The Bertz CT molecular complexity index is 1410. The molecule has 8 nitrogen and oxygen atoms in total. The lowest BCUT2D eigenvalue weighted by molar-refractivity contribution is -0.140. The lowest BCUT2D eigenvalue weighted by Gasteiger charge is -2.33. The number of rotatable bonds is 12. The predicted molar refractivity (Wildman–Crippen MR) is 156 cm³/mol. The van der Waals surface area contributed by atoms with Gasteiger partial charge < -0.3 is 10.2 Å². The molecule has 2 amide bonds. The third-order valence-electron chi connectivity index (χ3n) is 6.11. The molecule has 0 aliphatic carbocycles. The smallest absolute Gasteiger partial charge is 0.244 e. The lowest BCUT2D eigenvalue weighted by Crippen LogP contribution is -2.53. The van der Waals surface area contributed by atoms with Gasteiger partial charge >= 0.3 is 0 Å². The van der Waals surface area contributed by atoms with Crippen molar-refractivity contribution in [3.8, 4) is 0 Å². The van der Waals surface area contributed by atoms with Gasteiger partial charge in [-0.05, 0) is 49.2 Å². The summed E-state index contributed by atoms with van der Waals surface area (Å²) in [5.74, 6) is -1.12. The molecule has 0 spiro atoms. The number of hydrogen-bond acceptors (Lipinski definition) is 5. The molecule has 10 heteroatoms. The Hall–Kier alpha value is -3.50. The minimum Gasteiger partial charge on any atom is -0.355 e. The van der Waals surface area contributed by atoms with Crippen LogP contribution in [0.15, 0.2) is 83.3 Å². The van der Waals surface area contributed by atoms with Gasteiger partial charge in [-0.25, -0.2) is 8.42 Å². The summed E-state index contributed by atoms with van der Waals surface area (Å²) >= 11 is 3.41. The van der Waals surface area contributed by atoms with Gasteiger partial charge in [0, 0.05) is 29.5 Å². The molecule has 0 radical (unpaired) electrons. The average molecular weight is 615 g/mol. The molecule has 0 saturated carbocycles. The first-order valence-corrected chi connectivity index (χ1v) is 15.1. The third kappa shape index (κ3) is 8.49. The minimum absolute atomic E-state index is 0.0891. The van der Waals surface area contributed by atoms with E-state index >= 15 is 0 Å². The zero-order valence-electron chi connectivity index (χ0n) is 22.1. The molecule has 1 atom stereocenters. The van der Waals surface area contributed by atoms with Crippen LogP contribution in [-0.2, 0) is 32.6 Å². The van der Waals surface area contributed by atoms with E-state index in [2.05, 4.69) is 21.2 Å². The van der Waals surface area contributed by atoms with Crippen molar-refractivity contribution in [1.29, 1.82) is 0 Å². The SMILES string of the molecule is CCNC(=O)[C@H](Cc1ccccc1)N(Cc1ccc(Br)cc1)C(=O)CN(c1cccc(C(C)=O)c1)S(C)(=O)=O. The van der Waals surface area contributed by atoms with Crippen LogP contribution in [0.3, 0.4) is 0 Å². The van der Waals surface area contributed by atoms with E-state index in [0.717, 1.165) is 26.2 Å². The topological polar surface area (TPSA) is 104 Å². The summed E-state index contributed by atoms with van der Waals surface area (Å²) in [7, 11) is -3.91. The number of carbonyl (C=O) groups is 3. The zero-order chi connectivity index (χ0) is 28.6. The van der Waals surface area contributed by atoms with E-state index in [4.69, 9.17) is 0 Å². The molecule has 206 valence electrons. The summed E-state index contributed by atoms with van der Waals surface area (Å²) in [5.41, 5.74) is 2.15. The van der Waals surface area contributed by atoms with Crippen LogP contribution in [0.5, 0.6) is 0 Å². The Balaban J connectivity index is 2.05. The van der Waals surface area contributed by atoms with Crippen LogP contribution in [-0.4, -0.2) is 56.3 Å². The van der Waals surface area contributed by atoms with Crippen molar-refractivity contribution >= 4 is 49.2 Å². The number of Topliss-reactive ketones (excluding diaryl/α,β-unsaturated/α-hetero) is 1. The fourth-order valence-corrected chi connectivity index (χ4v) is 5.23. The second-order valence-electron chi connectivity index (χ2n) is 9.12. The fraction of sp³-hybridized carbons (Fsp3) is 0.276. The number of nitrogens with zero attached hydrogens (tertiary/aromatic N) is 2. The highest BCUT2D eigenvalue weighted by molar-refractivity contribution is 9.10. The number of anilines is 1. The summed E-state index contributed by atoms with van der Waals surface area (Å²) in [4.78, 5) is 40.7. The van der Waals surface area contributed by atoms with Crippen molar-refractivity contribution in [1.82, 2.24) is 10.2 Å². The van der Waals surface area contributed by atoms with Gasteiger partial charge in [0.1, 0.15) is 12.6 Å². The molecule has 0 aliphatic heterocycles. The van der Waals surface area contributed by atoms with Gasteiger partial charge in [0.05, 0.1) is 11.9 Å². The van der Waals surface area contributed by atoms with Crippen molar-refractivity contribution in [2.24, 2.45) is 0 Å². The van der Waals surface area contributed by atoms with Gasteiger partial charge in [-0.15, -0.1) is 0 Å². The number of ketones is 1. The molecule has 0 aliphatic rings. The number of halogens is 1. The van der Waals surface area contributed by atoms with Gasteiger partial charge in [0.2, 0.25) is 21.8 Å². The maximum atomic E-state index is 14.0. The number of carbonyl (C=O) groups excluding carboxylic acids is 3. The molecule has 0 saturated heterocycles. The molecular formula is C29H32BrN3O5S. The van der Waals surface area contributed by atoms with Crippen molar-refractivity contribution in [2.45, 2.75) is 32.9 Å². The molecule has 0 heterocycles. The molecular weight excluding hydrogens is 582 g/mol. The number of benzene rings is 3. The molecule has 0 aromatic heterocycles. The second-order valence-corrected chi connectivity index (χ2v) is 11.9. The van der Waals surface area contributed by atoms with Crippen LogP contribution in [0.4, 0.5) is 5.69 Å². The van der Waals surface area contributed by atoms with Crippen molar-refractivity contribution in [3.63, 3.8) is 0 Å². The van der Waals surface area contributed by atoms with Gasteiger partial charge in [-0.3, -0.25) is 18.7 Å². The predicted octanol–water partition coefficient (Wildman–Crippen LogP) is 4.19. The Morgan fingerprint density at radius 3 is 2.18 bits per heavy atom. The zero-order valence-corrected chi connectivity index (χ0v) is 24.5. The van der Waals surface area contributed by atoms with Crippen LogP contribution in [0.1, 0.15) is 35.3 Å². The van der Waals surface area contributed by atoms with E-state index in [0.29, 0.717) is 12.1 Å². The molecule has 3 rings (SSSR count). The largest absolute Gasteiger partial charge is 0.355 e. The van der Waals surface area contributed by atoms with E-state index in [9.17, 15) is 22.8 Å². The maximum Gasteiger partial charge on any atom is 0.244 e. The fourth-order valence-electron chi connectivity index (χ4n) is 4.13. The number of hydrogen-bond donors (Lipinski definition) is 1. The molecule has 0 bridgehead atoms. The number of likely N-dealkylation sites (N-methyl/N-ethyl adjacent to an activating group) is 1. The number of nitrogens with one attached hydrogen (secondary N) is 1. The first kappa shape index (κ1) is 30.0. The van der Waals surface area contributed by atoms with Crippen LogP contribution < -0.4 is 9.62 Å². The van der Waals surface area contributed by atoms with E-state index in [1.165, 1.54) is 24.0 Å². The van der Waals surface area contributed by atoms with Crippen LogP contribution in [0, 0.1) is 0 Å². The normalized spacial score (nSPS) is 11.9. The Morgan fingerprint density at radius 1 is 0.923 bits per heavy atom. The molecule has 1 N–H and O–H groups in total. The summed E-state index contributed by atoms with van der Waals surface area (Å²) < 4.78 is 27.5. The van der Waals surface area contributed by atoms with Crippen molar-refractivity contribution in [2.75, 3.05) is 23.7 Å². The molecule has 0 fully saturated rings. The summed E-state index contributed by atoms with van der Waals surface area (Å²) in [6.07, 6.45) is 1.25. The van der Waals surface area contributed by atoms with E-state index in [1.54, 1.807) is 19.1 Å². The lowest BCUT2D eigenvalue weighted by atomic mass is 10.0. The standard InChI is InChI=1S/C29H32BrN3O5S/c1-4-31-29(36)27(17-22-9-6-5-7-10-22)32(19-23-13-15-25(30)16-14-23)28(35)20-33(39(3,37)38)26-12-8-11-24(18-26)21(2)34/h5-16,18,27H,4,17,19-20H2,1-3H3,(H,31,36)/t27-/m0/s1. The minimum atomic E-state index is -3.91. The quantitative estimate of drug-likeness (QED) is 0.308. The number of sulfonamides is 1. The van der Waals surface area contributed by atoms with E-state index in [-0.39, 0.29) is 30.3 Å². The summed E-state index contributed by atoms with van der Waals surface area (Å²) in [6.45, 7) is 3.10. The Morgan fingerprint density at radius 2 is 1.59 bits per heavy atom. The number of amides is 2. The molecule has 39 heavy (non-hydrogen) atoms. The Labute approximate surface area is 238 Å². The van der Waals surface area contributed by atoms with Crippen LogP contribution in [0.25, 0.3) is 0 Å². The highest BCUT2D eigenvalue weighted by Gasteiger charge is 2.33. The van der Waals surface area contributed by atoms with Crippen molar-refractivity contribution < 1.29 is 22.8 Å². The van der Waals surface area contributed by atoms with Crippen LogP contribution in [0.2, 0.25) is 0 Å². The second kappa shape index (κ2) is 13.5. The van der Waals surface area contributed by atoms with E-state index in [1.807, 2.05) is 54.6 Å². The summed E-state index contributed by atoms with van der Waals surface area (Å²) in [5, 5.41) is 2.82. The van der Waals surface area contributed by atoms with Gasteiger partial charge in [-0.1, -0.05) is 70.5 Å². The molecule has 0 unspecified atom stereocenters. The van der Waals surface area contributed by atoms with Gasteiger partial charge in [0.25, 0.3) is 0 Å². The third-order valence-corrected chi connectivity index (χ3v) is 7.78. The van der Waals surface area contributed by atoms with Gasteiger partial charge in [-0.2, -0.15) is 0 Å². The molecule has 3 aromatic carbocycles. The first-order chi connectivity index (χ1) is 18.5. The van der Waals surface area contributed by atoms with Crippen molar-refractivity contribution in [3.05, 3.63) is 100 Å². The van der Waals surface area contributed by atoms with Gasteiger partial charge in [0.15, 0.2) is 5.78 Å². The van der Waals surface area contributed by atoms with E-state index < -0.39 is 28.5 Å².